The van der Waals surface area contributed by atoms with Crippen LogP contribution in [0.3, 0.4) is 0 Å². The monoisotopic (exact) mass is 822 g/mol. The van der Waals surface area contributed by atoms with Crippen molar-refractivity contribution in [3.8, 4) is 23.5 Å². The number of halogens is 7. The molecule has 3 atom stereocenters. The first kappa shape index (κ1) is 46.1. The number of hydrogen-bond acceptors (Lipinski definition) is 15. The third-order valence-corrected chi connectivity index (χ3v) is 6.88. The normalized spacial score (nSPS) is 12.2. The molecule has 2 aromatic heterocycles. The highest BCUT2D eigenvalue weighted by Gasteiger charge is 2.29. The van der Waals surface area contributed by atoms with Gasteiger partial charge in [0, 0.05) is 30.2 Å². The molecule has 0 fully saturated rings. The Kier molecular flexibility index (Phi) is 19.4. The number of anilines is 2. The number of ether oxygens (including phenoxy) is 4. The van der Waals surface area contributed by atoms with E-state index in [1.54, 1.807) is 0 Å². The average molecular weight is 823 g/mol. The van der Waals surface area contributed by atoms with E-state index in [9.17, 15) is 45.0 Å². The van der Waals surface area contributed by atoms with Crippen molar-refractivity contribution in [2.75, 3.05) is 38.9 Å². The van der Waals surface area contributed by atoms with Gasteiger partial charge in [-0.2, -0.15) is 28.7 Å². The zero-order valence-corrected chi connectivity index (χ0v) is 29.8. The van der Waals surface area contributed by atoms with Gasteiger partial charge in [-0.15, -0.1) is 0 Å². The lowest BCUT2D eigenvalue weighted by Crippen LogP contribution is -2.23. The van der Waals surface area contributed by atoms with E-state index in [2.05, 4.69) is 30.6 Å². The molecular weight excluding hydrogens is 794 g/mol. The van der Waals surface area contributed by atoms with Crippen molar-refractivity contribution in [2.45, 2.75) is 18.0 Å². The maximum atomic E-state index is 14.0. The molecule has 4 rings (SSSR count). The lowest BCUT2D eigenvalue weighted by atomic mass is 10.1. The van der Waals surface area contributed by atoms with Crippen molar-refractivity contribution < 1.29 is 72.7 Å². The average Bonchev–Trinajstić information content (AvgIpc) is 3.12. The molecule has 292 valence electrons. The number of nitrogens with two attached hydrogens (primary N) is 1. The molecule has 2 heterocycles. The number of aliphatic hydroxyl groups excluding tert-OH is 2. The molecule has 0 saturated carbocycles. The van der Waals surface area contributed by atoms with Gasteiger partial charge in [-0.1, -0.05) is 24.3 Å². The van der Waals surface area contributed by atoms with Gasteiger partial charge in [-0.3, -0.25) is 8.93 Å². The molecule has 0 radical (unpaired) electrons. The summed E-state index contributed by atoms with van der Waals surface area (Å²) in [6.07, 6.45) is -3.04. The Morgan fingerprint density at radius 1 is 0.811 bits per heavy atom. The molecule has 0 amide bonds. The number of hydrogen-bond donors (Lipinski definition) is 4. The minimum atomic E-state index is -5.16. The molecule has 2 aromatic carbocycles. The quantitative estimate of drug-likeness (QED) is 0.0549. The highest BCUT2D eigenvalue weighted by molar-refractivity contribution is 8.03. The fourth-order valence-corrected chi connectivity index (χ4v) is 4.23. The fourth-order valence-electron chi connectivity index (χ4n) is 3.64. The number of alkyl halides is 2. The topological polar surface area (TPSA) is 241 Å². The van der Waals surface area contributed by atoms with Gasteiger partial charge in [-0.25, -0.2) is 17.2 Å². The minimum Gasteiger partial charge on any atom is -0.760 e. The van der Waals surface area contributed by atoms with Gasteiger partial charge in [0.25, 0.3) is 10.0 Å². The maximum Gasteiger partial charge on any atom is 0.493 e. The van der Waals surface area contributed by atoms with E-state index in [0.717, 1.165) is 18.2 Å². The van der Waals surface area contributed by atoms with Crippen molar-refractivity contribution in [1.82, 2.24) is 19.9 Å². The van der Waals surface area contributed by atoms with Crippen LogP contribution in [0.5, 0.6) is 23.5 Å². The number of benzene rings is 2. The number of nitrogen functional groups attached to an aromatic ring is 1. The zero-order chi connectivity index (χ0) is 40.5. The van der Waals surface area contributed by atoms with Gasteiger partial charge in [0.2, 0.25) is 23.5 Å². The van der Waals surface area contributed by atoms with Crippen LogP contribution in [0.1, 0.15) is 35.0 Å². The van der Waals surface area contributed by atoms with E-state index < -0.39 is 62.5 Å². The Balaban J connectivity index is 0.000000460. The Labute approximate surface area is 304 Å². The fraction of sp³-hybridized carbons (Fsp3) is 0.250. The van der Waals surface area contributed by atoms with E-state index in [1.165, 1.54) is 63.5 Å². The van der Waals surface area contributed by atoms with Gasteiger partial charge in [-0.05, 0) is 22.8 Å². The van der Waals surface area contributed by atoms with Crippen LogP contribution in [0.4, 0.5) is 37.7 Å². The van der Waals surface area contributed by atoms with Gasteiger partial charge in [0.15, 0.2) is 11.6 Å². The largest absolute Gasteiger partial charge is 0.760 e. The number of aromatic nitrogens is 4. The van der Waals surface area contributed by atoms with Crippen molar-refractivity contribution in [3.05, 3.63) is 89.9 Å². The summed E-state index contributed by atoms with van der Waals surface area (Å²) >= 11 is 0. The van der Waals surface area contributed by atoms with Gasteiger partial charge in [0.05, 0.1) is 51.9 Å². The number of nitrogens with zero attached hydrogens (tertiary/aromatic N) is 4. The van der Waals surface area contributed by atoms with E-state index in [-0.39, 0.29) is 52.0 Å². The molecule has 0 aliphatic carbocycles. The summed E-state index contributed by atoms with van der Waals surface area (Å²) in [5.41, 5.74) is 4.43. The first-order valence-corrected chi connectivity index (χ1v) is 17.0. The molecule has 0 aliphatic rings. The molecule has 0 saturated heterocycles. The Bertz CT molecular complexity index is 1860. The van der Waals surface area contributed by atoms with Gasteiger partial charge in [0.1, 0.15) is 23.8 Å². The van der Waals surface area contributed by atoms with Crippen LogP contribution in [0, 0.1) is 18.6 Å². The first-order chi connectivity index (χ1) is 24.9. The van der Waals surface area contributed by atoms with E-state index >= 15 is 0 Å². The van der Waals surface area contributed by atoms with Crippen molar-refractivity contribution >= 4 is 42.4 Å². The minimum absolute atomic E-state index is 0.0111. The van der Waals surface area contributed by atoms with Crippen LogP contribution < -0.4 is 29.4 Å². The van der Waals surface area contributed by atoms with E-state index in [0.29, 0.717) is 0 Å². The summed E-state index contributed by atoms with van der Waals surface area (Å²) in [5, 5.41) is 20.7. The molecule has 4 aromatic rings. The summed E-state index contributed by atoms with van der Waals surface area (Å²) in [7, 11) is 2.08. The molecular formula is C28H29ClF6N6O10S2. The number of para-hydroxylation sites is 2. The zero-order valence-electron chi connectivity index (χ0n) is 27.4. The van der Waals surface area contributed by atoms with Gasteiger partial charge < -0.3 is 39.4 Å². The number of rotatable bonds is 11. The van der Waals surface area contributed by atoms with Gasteiger partial charge >= 0.3 is 12.7 Å². The molecule has 0 aliphatic heterocycles. The summed E-state index contributed by atoms with van der Waals surface area (Å²) in [6, 6.07) is 10.1. The molecule has 3 unspecified atom stereocenters. The highest BCUT2D eigenvalue weighted by Crippen LogP contribution is 2.32. The third kappa shape index (κ3) is 14.2. The third-order valence-electron chi connectivity index (χ3n) is 5.92. The smallest absolute Gasteiger partial charge is 0.493 e. The number of nitrogens with one attached hydrogen (secondary N) is 1. The molecule has 0 bridgehead atoms. The summed E-state index contributed by atoms with van der Waals surface area (Å²) in [5.74, 6) is -5.41. The Morgan fingerprint density at radius 3 is 1.51 bits per heavy atom. The highest BCUT2D eigenvalue weighted by atomic mass is 35.7. The van der Waals surface area contributed by atoms with E-state index in [4.69, 9.17) is 33.4 Å². The summed E-state index contributed by atoms with van der Waals surface area (Å²) in [4.78, 5) is 15.7. The molecule has 5 N–H and O–H groups in total. The number of sulfonamides is 1. The van der Waals surface area contributed by atoms with Crippen molar-refractivity contribution in [1.29, 1.82) is 0 Å². The standard InChI is InChI=1S/C14H14F3N3O5S.C13H14FN3O3.CHF2.ClHO2S/c1-24-9-6-10(25-2)19-13(18-9)12(21)7-4-3-5-8(15)11(7)20-26(22,23)14(16)17;1-19-9-6-10(20-2)17-13(16-9)12(18)7-4-3-5-8(14)11(7)15;2-1-3;1-4(2)3/h3-6,12,14,20-21H,1-2H3;3-6,12,18H,15H2,1-2H3;1H;(H,2,3)/q;;+1;/p-1. The number of methoxy groups -OCH3 is 4. The van der Waals surface area contributed by atoms with E-state index in [1.807, 2.05) is 0 Å². The molecule has 16 nitrogen and oxygen atoms in total. The maximum absolute atomic E-state index is 14.0. The second kappa shape index (κ2) is 22.2. The second-order valence-electron chi connectivity index (χ2n) is 9.06. The second-order valence-corrected chi connectivity index (χ2v) is 11.9. The van der Waals surface area contributed by atoms with Crippen molar-refractivity contribution in [2.24, 2.45) is 0 Å². The first-order valence-electron chi connectivity index (χ1n) is 13.6. The molecule has 53 heavy (non-hydrogen) atoms. The molecule has 0 spiro atoms. The SMILES string of the molecule is COc1cc(OC)nc(C(O)c2cccc(F)c2N)n1.COc1cc(OC)nc(C(O)c2cccc(F)c2NS(=O)(=O)C(F)F)n1.F[CH+]F.O=S([O-])Cl. The predicted octanol–water partition coefficient (Wildman–Crippen LogP) is 4.04. The van der Waals surface area contributed by atoms with Crippen LogP contribution in [0.2, 0.25) is 0 Å². The van der Waals surface area contributed by atoms with Crippen molar-refractivity contribution in [3.63, 3.8) is 0 Å². The Morgan fingerprint density at radius 2 is 1.15 bits per heavy atom. The number of aliphatic hydroxyl groups is 2. The van der Waals surface area contributed by atoms with Crippen LogP contribution in [0.15, 0.2) is 48.5 Å². The lowest BCUT2D eigenvalue weighted by molar-refractivity contribution is 0.206. The van der Waals surface area contributed by atoms with Crippen LogP contribution >= 0.6 is 10.7 Å². The van der Waals surface area contributed by atoms with Crippen LogP contribution in [-0.4, -0.2) is 81.5 Å². The predicted molar refractivity (Wildman–Crippen MR) is 175 cm³/mol. The Hall–Kier alpha value is -4.88. The lowest BCUT2D eigenvalue weighted by Gasteiger charge is -2.17. The van der Waals surface area contributed by atoms with Crippen LogP contribution in [0.25, 0.3) is 0 Å². The summed E-state index contributed by atoms with van der Waals surface area (Å²) < 4.78 is 133. The van der Waals surface area contributed by atoms with Crippen LogP contribution in [-0.2, 0) is 20.3 Å². The summed E-state index contributed by atoms with van der Waals surface area (Å²) in [6.45, 7) is -1.00. The molecule has 25 heteroatoms.